The van der Waals surface area contributed by atoms with Crippen molar-refractivity contribution in [2.45, 2.75) is 27.1 Å². The number of amides is 2. The zero-order valence-corrected chi connectivity index (χ0v) is 13.8. The van der Waals surface area contributed by atoms with Gasteiger partial charge in [-0.1, -0.05) is 0 Å². The van der Waals surface area contributed by atoms with Gasteiger partial charge in [-0.3, -0.25) is 0 Å². The molecule has 7 heteroatoms. The van der Waals surface area contributed by atoms with Crippen molar-refractivity contribution in [2.24, 2.45) is 0 Å². The third-order valence-electron chi connectivity index (χ3n) is 2.79. The minimum atomic E-state index is -0.470. The van der Waals surface area contributed by atoms with Gasteiger partial charge in [-0.2, -0.15) is 0 Å². The molecule has 0 heterocycles. The molecule has 0 radical (unpaired) electrons. The molecular weight excluding hydrogens is 300 g/mol. The molecule has 0 unspecified atom stereocenters. The summed E-state index contributed by atoms with van der Waals surface area (Å²) < 4.78 is 15.6. The smallest absolute Gasteiger partial charge is 0.338 e. The summed E-state index contributed by atoms with van der Waals surface area (Å²) in [5.74, 6) is -0.389. The van der Waals surface area contributed by atoms with E-state index in [0.717, 1.165) is 0 Å². The van der Waals surface area contributed by atoms with Crippen LogP contribution >= 0.6 is 0 Å². The largest absolute Gasteiger partial charge is 0.462 e. The van der Waals surface area contributed by atoms with Crippen LogP contribution in [0.15, 0.2) is 24.3 Å². The van der Waals surface area contributed by atoms with Gasteiger partial charge in [0.25, 0.3) is 0 Å². The van der Waals surface area contributed by atoms with E-state index in [2.05, 4.69) is 10.6 Å². The molecule has 1 rings (SSSR count). The summed E-state index contributed by atoms with van der Waals surface area (Å²) in [5.41, 5.74) is 1.01. The van der Waals surface area contributed by atoms with Gasteiger partial charge < -0.3 is 24.8 Å². The molecule has 7 nitrogen and oxygen atoms in total. The Hall–Kier alpha value is -2.12. The maximum atomic E-state index is 11.8. The van der Waals surface area contributed by atoms with Gasteiger partial charge in [-0.25, -0.2) is 9.59 Å². The number of benzene rings is 1. The van der Waals surface area contributed by atoms with Crippen molar-refractivity contribution < 1.29 is 23.8 Å². The SMILES string of the molecule is CCOC(=O)c1ccc(NC(=O)NCC(OCC)OCC)cc1. The van der Waals surface area contributed by atoms with Gasteiger partial charge in [0.05, 0.1) is 18.7 Å². The Bertz CT molecular complexity index is 484. The van der Waals surface area contributed by atoms with E-state index >= 15 is 0 Å². The fourth-order valence-corrected chi connectivity index (χ4v) is 1.79. The van der Waals surface area contributed by atoms with E-state index in [1.54, 1.807) is 31.2 Å². The van der Waals surface area contributed by atoms with Gasteiger partial charge in [0, 0.05) is 18.9 Å². The number of hydrogen-bond donors (Lipinski definition) is 2. The van der Waals surface area contributed by atoms with Crippen LogP contribution in [-0.4, -0.2) is 44.7 Å². The number of rotatable bonds is 9. The molecule has 23 heavy (non-hydrogen) atoms. The molecule has 0 fully saturated rings. The van der Waals surface area contributed by atoms with Crippen LogP contribution in [0.25, 0.3) is 0 Å². The summed E-state index contributed by atoms with van der Waals surface area (Å²) in [7, 11) is 0. The molecule has 0 saturated carbocycles. The molecule has 0 aliphatic carbocycles. The molecule has 1 aromatic carbocycles. The van der Waals surface area contributed by atoms with E-state index in [-0.39, 0.29) is 18.5 Å². The fourth-order valence-electron chi connectivity index (χ4n) is 1.79. The predicted molar refractivity (Wildman–Crippen MR) is 86.5 cm³/mol. The zero-order valence-electron chi connectivity index (χ0n) is 13.8. The number of hydrogen-bond acceptors (Lipinski definition) is 5. The number of urea groups is 1. The number of carbonyl (C=O) groups excluding carboxylic acids is 2. The van der Waals surface area contributed by atoms with Gasteiger partial charge >= 0.3 is 12.0 Å². The zero-order chi connectivity index (χ0) is 17.1. The standard InChI is InChI=1S/C16H24N2O5/c1-4-21-14(22-5-2)11-17-16(20)18-13-9-7-12(8-10-13)15(19)23-6-3/h7-10,14H,4-6,11H2,1-3H3,(H2,17,18,20). The van der Waals surface area contributed by atoms with Crippen molar-refractivity contribution in [1.29, 1.82) is 0 Å². The summed E-state index contributed by atoms with van der Waals surface area (Å²) in [4.78, 5) is 23.4. The Morgan fingerprint density at radius 3 is 2.13 bits per heavy atom. The second-order valence-corrected chi connectivity index (χ2v) is 4.47. The molecule has 0 saturated heterocycles. The van der Waals surface area contributed by atoms with Crippen LogP contribution in [0.2, 0.25) is 0 Å². The highest BCUT2D eigenvalue weighted by atomic mass is 16.7. The minimum absolute atomic E-state index is 0.244. The van der Waals surface area contributed by atoms with Gasteiger partial charge in [0.2, 0.25) is 0 Å². The minimum Gasteiger partial charge on any atom is -0.462 e. The molecule has 0 aliphatic heterocycles. The molecule has 0 atom stereocenters. The van der Waals surface area contributed by atoms with Crippen LogP contribution in [0.1, 0.15) is 31.1 Å². The second-order valence-electron chi connectivity index (χ2n) is 4.47. The molecular formula is C16H24N2O5. The highest BCUT2D eigenvalue weighted by Crippen LogP contribution is 2.10. The summed E-state index contributed by atoms with van der Waals surface area (Å²) in [6.07, 6.45) is -0.470. The molecule has 2 amide bonds. The number of nitrogens with one attached hydrogen (secondary N) is 2. The summed E-state index contributed by atoms with van der Waals surface area (Å²) >= 11 is 0. The van der Waals surface area contributed by atoms with Gasteiger partial charge in [-0.15, -0.1) is 0 Å². The van der Waals surface area contributed by atoms with Crippen LogP contribution in [0.5, 0.6) is 0 Å². The Morgan fingerprint density at radius 2 is 1.61 bits per heavy atom. The van der Waals surface area contributed by atoms with Crippen LogP contribution in [0, 0.1) is 0 Å². The van der Waals surface area contributed by atoms with Gasteiger partial charge in [0.1, 0.15) is 0 Å². The summed E-state index contributed by atoms with van der Waals surface area (Å²) in [6.45, 7) is 7.04. The number of carbonyl (C=O) groups is 2. The third-order valence-corrected chi connectivity index (χ3v) is 2.79. The van der Waals surface area contributed by atoms with Crippen molar-refractivity contribution in [2.75, 3.05) is 31.7 Å². The average molecular weight is 324 g/mol. The topological polar surface area (TPSA) is 85.9 Å². The Morgan fingerprint density at radius 1 is 1.00 bits per heavy atom. The normalized spacial score (nSPS) is 10.4. The van der Waals surface area contributed by atoms with Crippen LogP contribution in [0.3, 0.4) is 0 Å². The maximum absolute atomic E-state index is 11.8. The number of esters is 1. The summed E-state index contributed by atoms with van der Waals surface area (Å²) in [6, 6.07) is 6.08. The molecule has 0 spiro atoms. The molecule has 1 aromatic rings. The van der Waals surface area contributed by atoms with Gasteiger partial charge in [-0.05, 0) is 45.0 Å². The lowest BCUT2D eigenvalue weighted by molar-refractivity contribution is -0.131. The first-order valence-corrected chi connectivity index (χ1v) is 7.65. The van der Waals surface area contributed by atoms with Crippen LogP contribution < -0.4 is 10.6 Å². The lowest BCUT2D eigenvalue weighted by Crippen LogP contribution is -2.37. The Labute approximate surface area is 136 Å². The van der Waals surface area contributed by atoms with Crippen molar-refractivity contribution in [3.63, 3.8) is 0 Å². The van der Waals surface area contributed by atoms with E-state index in [1.165, 1.54) is 0 Å². The van der Waals surface area contributed by atoms with E-state index in [4.69, 9.17) is 14.2 Å². The first-order valence-electron chi connectivity index (χ1n) is 7.65. The van der Waals surface area contributed by atoms with Gasteiger partial charge in [0.15, 0.2) is 6.29 Å². The maximum Gasteiger partial charge on any atom is 0.338 e. The number of ether oxygens (including phenoxy) is 3. The highest BCUT2D eigenvalue weighted by molar-refractivity contribution is 5.92. The van der Waals surface area contributed by atoms with Crippen molar-refractivity contribution >= 4 is 17.7 Å². The van der Waals surface area contributed by atoms with Crippen molar-refractivity contribution in [3.8, 4) is 0 Å². The van der Waals surface area contributed by atoms with E-state index < -0.39 is 6.29 Å². The summed E-state index contributed by atoms with van der Waals surface area (Å²) in [5, 5.41) is 5.33. The Kier molecular flexibility index (Phi) is 8.71. The second kappa shape index (κ2) is 10.6. The van der Waals surface area contributed by atoms with Crippen LogP contribution in [-0.2, 0) is 14.2 Å². The van der Waals surface area contributed by atoms with E-state index in [0.29, 0.717) is 31.1 Å². The average Bonchev–Trinajstić information content (AvgIpc) is 2.54. The fraction of sp³-hybridized carbons (Fsp3) is 0.500. The predicted octanol–water partition coefficient (Wildman–Crippen LogP) is 2.38. The van der Waals surface area contributed by atoms with E-state index in [9.17, 15) is 9.59 Å². The third kappa shape index (κ3) is 7.12. The first-order chi connectivity index (χ1) is 11.1. The lowest BCUT2D eigenvalue weighted by Gasteiger charge is -2.17. The molecule has 0 bridgehead atoms. The van der Waals surface area contributed by atoms with E-state index in [1.807, 2.05) is 13.8 Å². The molecule has 0 aromatic heterocycles. The lowest BCUT2D eigenvalue weighted by atomic mass is 10.2. The highest BCUT2D eigenvalue weighted by Gasteiger charge is 2.10. The Balaban J connectivity index is 2.46. The number of anilines is 1. The molecule has 128 valence electrons. The van der Waals surface area contributed by atoms with Crippen LogP contribution in [0.4, 0.5) is 10.5 Å². The molecule has 2 N–H and O–H groups in total. The monoisotopic (exact) mass is 324 g/mol. The quantitative estimate of drug-likeness (QED) is 0.538. The van der Waals surface area contributed by atoms with Crippen molar-refractivity contribution in [1.82, 2.24) is 5.32 Å². The molecule has 0 aliphatic rings. The van der Waals surface area contributed by atoms with Crippen molar-refractivity contribution in [3.05, 3.63) is 29.8 Å². The first kappa shape index (κ1) is 18.9.